The molecule has 0 saturated heterocycles. The number of benzene rings is 3. The van der Waals surface area contributed by atoms with Crippen molar-refractivity contribution in [3.8, 4) is 11.5 Å². The highest BCUT2D eigenvalue weighted by atomic mass is 16.5. The van der Waals surface area contributed by atoms with Crippen LogP contribution >= 0.6 is 0 Å². The van der Waals surface area contributed by atoms with Gasteiger partial charge in [0, 0.05) is 18.7 Å². The molecular weight excluding hydrogens is 302 g/mol. The molecule has 0 aliphatic rings. The first-order chi connectivity index (χ1) is 11.7. The van der Waals surface area contributed by atoms with E-state index in [0.29, 0.717) is 18.8 Å². The Kier molecular flexibility index (Phi) is 4.99. The molecule has 0 fully saturated rings. The van der Waals surface area contributed by atoms with Gasteiger partial charge in [-0.1, -0.05) is 48.5 Å². The molecule has 0 spiro atoms. The van der Waals surface area contributed by atoms with Crippen molar-refractivity contribution in [3.63, 3.8) is 0 Å². The highest BCUT2D eigenvalue weighted by molar-refractivity contribution is 5.83. The minimum absolute atomic E-state index is 0.132. The van der Waals surface area contributed by atoms with Crippen molar-refractivity contribution in [1.29, 1.82) is 0 Å². The summed E-state index contributed by atoms with van der Waals surface area (Å²) in [5.41, 5.74) is 1.61. The van der Waals surface area contributed by atoms with Crippen LogP contribution in [0.15, 0.2) is 60.7 Å². The summed E-state index contributed by atoms with van der Waals surface area (Å²) in [6.07, 6.45) is -0.609. The topological polar surface area (TPSA) is 61.7 Å². The average molecular weight is 323 g/mol. The molecule has 124 valence electrons. The lowest BCUT2D eigenvalue weighted by Crippen LogP contribution is -2.21. The zero-order valence-corrected chi connectivity index (χ0v) is 13.6. The van der Waals surface area contributed by atoms with Gasteiger partial charge in [0.05, 0.1) is 13.2 Å². The fraction of sp³-hybridized carbons (Fsp3) is 0.200. The second-order valence-corrected chi connectivity index (χ2v) is 5.72. The van der Waals surface area contributed by atoms with E-state index in [9.17, 15) is 10.2 Å². The fourth-order valence-corrected chi connectivity index (χ4v) is 2.75. The molecule has 0 heterocycles. The normalized spacial score (nSPS) is 12.2. The number of aliphatic hydroxyl groups excluding tert-OH is 1. The third-order valence-corrected chi connectivity index (χ3v) is 4.11. The molecule has 0 radical (unpaired) electrons. The van der Waals surface area contributed by atoms with E-state index in [0.717, 1.165) is 21.9 Å². The van der Waals surface area contributed by atoms with Crippen molar-refractivity contribution in [1.82, 2.24) is 5.32 Å². The van der Waals surface area contributed by atoms with Crippen LogP contribution in [0.25, 0.3) is 10.8 Å². The highest BCUT2D eigenvalue weighted by Gasteiger charge is 2.10. The molecule has 24 heavy (non-hydrogen) atoms. The summed E-state index contributed by atoms with van der Waals surface area (Å²) < 4.78 is 5.10. The number of nitrogens with one attached hydrogen (secondary N) is 1. The average Bonchev–Trinajstić information content (AvgIpc) is 2.62. The van der Waals surface area contributed by atoms with Crippen LogP contribution in [0.2, 0.25) is 0 Å². The molecular formula is C20H21NO3. The number of ether oxygens (including phenoxy) is 1. The lowest BCUT2D eigenvalue weighted by Gasteiger charge is -2.14. The maximum atomic E-state index is 10.4. The van der Waals surface area contributed by atoms with Gasteiger partial charge in [-0.2, -0.15) is 0 Å². The molecule has 0 bridgehead atoms. The van der Waals surface area contributed by atoms with E-state index in [1.54, 1.807) is 6.07 Å². The number of aromatic hydroxyl groups is 1. The number of fused-ring (bicyclic) bond motifs is 1. The Bertz CT molecular complexity index is 832. The number of para-hydroxylation sites is 1. The Balaban J connectivity index is 1.63. The van der Waals surface area contributed by atoms with Gasteiger partial charge in [0.15, 0.2) is 11.5 Å². The van der Waals surface area contributed by atoms with Gasteiger partial charge in [0.2, 0.25) is 0 Å². The van der Waals surface area contributed by atoms with Crippen LogP contribution < -0.4 is 10.1 Å². The molecule has 1 unspecified atom stereocenters. The zero-order chi connectivity index (χ0) is 16.9. The second kappa shape index (κ2) is 7.34. The molecule has 3 aromatic carbocycles. The van der Waals surface area contributed by atoms with Gasteiger partial charge in [0.25, 0.3) is 0 Å². The van der Waals surface area contributed by atoms with Crippen LogP contribution in [0.1, 0.15) is 17.2 Å². The molecule has 0 amide bonds. The molecule has 0 aliphatic carbocycles. The molecule has 1 atom stereocenters. The van der Waals surface area contributed by atoms with Crippen molar-refractivity contribution < 1.29 is 14.9 Å². The third-order valence-electron chi connectivity index (χ3n) is 4.11. The van der Waals surface area contributed by atoms with Gasteiger partial charge < -0.3 is 20.3 Å². The number of rotatable bonds is 6. The van der Waals surface area contributed by atoms with Gasteiger partial charge in [-0.3, -0.25) is 0 Å². The number of aliphatic hydroxyl groups is 1. The monoisotopic (exact) mass is 323 g/mol. The maximum Gasteiger partial charge on any atom is 0.162 e. The first-order valence-corrected chi connectivity index (χ1v) is 7.91. The zero-order valence-electron chi connectivity index (χ0n) is 13.6. The molecule has 3 aromatic rings. The van der Waals surface area contributed by atoms with Crippen molar-refractivity contribution in [2.75, 3.05) is 13.7 Å². The summed E-state index contributed by atoms with van der Waals surface area (Å²) in [4.78, 5) is 0. The molecule has 0 aromatic heterocycles. The molecule has 3 rings (SSSR count). The van der Waals surface area contributed by atoms with Crippen LogP contribution in [-0.4, -0.2) is 23.9 Å². The van der Waals surface area contributed by atoms with Gasteiger partial charge in [-0.15, -0.1) is 0 Å². The van der Waals surface area contributed by atoms with E-state index in [1.165, 1.54) is 7.11 Å². The van der Waals surface area contributed by atoms with Crippen LogP contribution in [-0.2, 0) is 6.54 Å². The Hall–Kier alpha value is -2.56. The molecule has 0 saturated carbocycles. The van der Waals surface area contributed by atoms with E-state index < -0.39 is 6.10 Å². The summed E-state index contributed by atoms with van der Waals surface area (Å²) >= 11 is 0. The first kappa shape index (κ1) is 16.3. The van der Waals surface area contributed by atoms with Crippen molar-refractivity contribution in [3.05, 3.63) is 71.8 Å². The van der Waals surface area contributed by atoms with E-state index in [2.05, 4.69) is 11.4 Å². The van der Waals surface area contributed by atoms with E-state index in [4.69, 9.17) is 4.74 Å². The predicted octanol–water partition coefficient (Wildman–Crippen LogP) is 3.38. The fourth-order valence-electron chi connectivity index (χ4n) is 2.75. The number of hydrogen-bond donors (Lipinski definition) is 3. The minimum atomic E-state index is -0.609. The smallest absolute Gasteiger partial charge is 0.162 e. The quantitative estimate of drug-likeness (QED) is 0.651. The summed E-state index contributed by atoms with van der Waals surface area (Å²) in [7, 11) is 1.52. The lowest BCUT2D eigenvalue weighted by molar-refractivity contribution is 0.174. The highest BCUT2D eigenvalue weighted by Crippen LogP contribution is 2.29. The standard InChI is InChI=1S/C20H21NO3/c1-24-19-8-4-7-17(20(19)23)12-21-13-18(22)16-10-9-14-5-2-3-6-15(14)11-16/h2-11,18,21-23H,12-13H2,1H3. The molecule has 3 N–H and O–H groups in total. The maximum absolute atomic E-state index is 10.4. The summed E-state index contributed by atoms with van der Waals surface area (Å²) in [6, 6.07) is 19.4. The van der Waals surface area contributed by atoms with Crippen LogP contribution in [0, 0.1) is 0 Å². The van der Waals surface area contributed by atoms with Gasteiger partial charge in [-0.05, 0) is 28.5 Å². The number of phenols is 1. The SMILES string of the molecule is COc1cccc(CNCC(O)c2ccc3ccccc3c2)c1O. The Morgan fingerprint density at radius 3 is 2.58 bits per heavy atom. The minimum Gasteiger partial charge on any atom is -0.504 e. The Morgan fingerprint density at radius 2 is 1.79 bits per heavy atom. The lowest BCUT2D eigenvalue weighted by atomic mass is 10.0. The van der Waals surface area contributed by atoms with E-state index in [1.807, 2.05) is 48.5 Å². The number of phenolic OH excluding ortho intramolecular Hbond substituents is 1. The van der Waals surface area contributed by atoms with Crippen molar-refractivity contribution >= 4 is 10.8 Å². The van der Waals surface area contributed by atoms with Crippen LogP contribution in [0.4, 0.5) is 0 Å². The largest absolute Gasteiger partial charge is 0.504 e. The number of hydrogen-bond acceptors (Lipinski definition) is 4. The van der Waals surface area contributed by atoms with Crippen molar-refractivity contribution in [2.24, 2.45) is 0 Å². The second-order valence-electron chi connectivity index (χ2n) is 5.72. The van der Waals surface area contributed by atoms with Gasteiger partial charge in [-0.25, -0.2) is 0 Å². The van der Waals surface area contributed by atoms with Crippen LogP contribution in [0.3, 0.4) is 0 Å². The van der Waals surface area contributed by atoms with Crippen LogP contribution in [0.5, 0.6) is 11.5 Å². The van der Waals surface area contributed by atoms with E-state index >= 15 is 0 Å². The Labute approximate surface area is 141 Å². The molecule has 4 nitrogen and oxygen atoms in total. The first-order valence-electron chi connectivity index (χ1n) is 7.91. The third kappa shape index (κ3) is 3.50. The summed E-state index contributed by atoms with van der Waals surface area (Å²) in [5, 5.41) is 25.9. The Morgan fingerprint density at radius 1 is 1.00 bits per heavy atom. The van der Waals surface area contributed by atoms with E-state index in [-0.39, 0.29) is 5.75 Å². The number of methoxy groups -OCH3 is 1. The summed E-state index contributed by atoms with van der Waals surface area (Å²) in [5.74, 6) is 0.581. The predicted molar refractivity (Wildman–Crippen MR) is 95.3 cm³/mol. The van der Waals surface area contributed by atoms with Gasteiger partial charge in [0.1, 0.15) is 0 Å². The van der Waals surface area contributed by atoms with Crippen molar-refractivity contribution in [2.45, 2.75) is 12.6 Å². The molecule has 4 heteroatoms. The summed E-state index contributed by atoms with van der Waals surface area (Å²) in [6.45, 7) is 0.850. The van der Waals surface area contributed by atoms with Gasteiger partial charge >= 0.3 is 0 Å². The molecule has 0 aliphatic heterocycles.